The van der Waals surface area contributed by atoms with E-state index in [1.807, 2.05) is 0 Å². The van der Waals surface area contributed by atoms with Gasteiger partial charge in [-0.15, -0.1) is 0 Å². The molecular weight excluding hydrogens is 1200 g/mol. The molecule has 8 N–H and O–H groups in total. The molecule has 0 amide bonds. The van der Waals surface area contributed by atoms with Crippen LogP contribution in [0.15, 0.2) is 105 Å². The van der Waals surface area contributed by atoms with Crippen LogP contribution in [-0.2, 0) is 78.2 Å². The summed E-state index contributed by atoms with van der Waals surface area (Å²) in [6.45, 7) is 21.8. The van der Waals surface area contributed by atoms with Crippen LogP contribution < -0.4 is 39.5 Å². The molecule has 0 aliphatic rings. The Hall–Kier alpha value is -5.82. The topological polar surface area (TPSA) is 383 Å². The lowest BCUT2D eigenvalue weighted by Gasteiger charge is -2.19. The Morgan fingerprint density at radius 3 is 0.976 bits per heavy atom. The first kappa shape index (κ1) is 74.2. The second-order valence-electron chi connectivity index (χ2n) is 21.1. The van der Waals surface area contributed by atoms with Crippen molar-refractivity contribution < 1.29 is 90.7 Å². The molecule has 0 unspecified atom stereocenters. The lowest BCUT2D eigenvalue weighted by molar-refractivity contribution is -0.156. The van der Waals surface area contributed by atoms with E-state index in [0.717, 1.165) is 6.07 Å². The van der Waals surface area contributed by atoms with Gasteiger partial charge in [-0.3, -0.25) is 19.2 Å². The van der Waals surface area contributed by atoms with Crippen LogP contribution in [0.2, 0.25) is 10.0 Å². The highest BCUT2D eigenvalue weighted by Crippen LogP contribution is 2.33. The van der Waals surface area contributed by atoms with Crippen LogP contribution in [0, 0.1) is 0 Å². The lowest BCUT2D eigenvalue weighted by Crippen LogP contribution is -2.24. The highest BCUT2D eigenvalue weighted by molar-refractivity contribution is 7.90. The van der Waals surface area contributed by atoms with E-state index < -0.39 is 68.5 Å². The zero-order chi connectivity index (χ0) is 63.3. The van der Waals surface area contributed by atoms with Crippen LogP contribution in [0.25, 0.3) is 0 Å². The third-order valence-corrected chi connectivity index (χ3v) is 13.1. The molecular formula is C52H74Cl2N4O20S4. The molecule has 4 aromatic carbocycles. The molecule has 82 heavy (non-hydrogen) atoms. The number of sulfonamides is 4. The summed E-state index contributed by atoms with van der Waals surface area (Å²) in [6.07, 6.45) is 0.335. The van der Waals surface area contributed by atoms with Gasteiger partial charge in [0.05, 0.1) is 76.8 Å². The standard InChI is InChI=1S/C13H17Cl2NO5S.3C13H19NO5S/c1-13(2,3)21-12(17)4-5-20-10-6-9(15)11(7-8(10)14)22(16,18)19;2*1-13(2,3)19-12(15)8-9-18-10-4-6-11(7-5-10)20(14,16)17;1-13(2,3)19-12(15)7-8-18-10-5-4-6-11(9-10)20(14,16)17/h6-7H,4-5H2,1-3H3,(H2,16,18,19);2*4-7H,8-9H2,1-3H3,(H2,14,16,17);4-6,9H,7-8H2,1-3H3,(H2,14,16,17). The van der Waals surface area contributed by atoms with Crippen molar-refractivity contribution >= 4 is 87.2 Å². The van der Waals surface area contributed by atoms with Crippen LogP contribution >= 0.6 is 23.2 Å². The molecule has 24 nitrogen and oxygen atoms in total. The number of carbonyl (C=O) groups excluding carboxylic acids is 4. The maximum absolute atomic E-state index is 11.5. The van der Waals surface area contributed by atoms with Gasteiger partial charge in [-0.05, 0) is 150 Å². The number of ether oxygens (including phenoxy) is 8. The number of primary sulfonamides is 4. The van der Waals surface area contributed by atoms with Gasteiger partial charge >= 0.3 is 23.9 Å². The summed E-state index contributed by atoms with van der Waals surface area (Å²) in [7, 11) is -15.1. The SMILES string of the molecule is CC(C)(C)OC(=O)CCOc1cc(Cl)c(S(N)(=O)=O)cc1Cl.CC(C)(C)OC(=O)CCOc1ccc(S(N)(=O)=O)cc1.CC(C)(C)OC(=O)CCOc1ccc(S(N)(=O)=O)cc1.CC(C)(C)OC(=O)CCOc1cccc(S(N)(=O)=O)c1. The smallest absolute Gasteiger partial charge is 0.309 e. The second-order valence-corrected chi connectivity index (χ2v) is 28.1. The molecule has 0 aliphatic carbocycles. The summed E-state index contributed by atoms with van der Waals surface area (Å²) >= 11 is 11.7. The van der Waals surface area contributed by atoms with E-state index in [0.29, 0.717) is 17.2 Å². The number of rotatable bonds is 20. The van der Waals surface area contributed by atoms with Gasteiger partial charge in [0, 0.05) is 12.1 Å². The quantitative estimate of drug-likeness (QED) is 0.0507. The van der Waals surface area contributed by atoms with Crippen LogP contribution in [0.4, 0.5) is 0 Å². The number of carbonyl (C=O) groups is 4. The predicted octanol–water partition coefficient (Wildman–Crippen LogP) is 7.09. The molecule has 0 aliphatic heterocycles. The average molecular weight is 1270 g/mol. The van der Waals surface area contributed by atoms with E-state index in [4.69, 9.17) is 81.7 Å². The van der Waals surface area contributed by atoms with Gasteiger partial charge in [0.2, 0.25) is 40.1 Å². The molecule has 460 valence electrons. The van der Waals surface area contributed by atoms with Gasteiger partial charge in [-0.1, -0.05) is 29.3 Å². The first-order valence-electron chi connectivity index (χ1n) is 24.4. The number of hydrogen-bond donors (Lipinski definition) is 4. The number of esters is 4. The van der Waals surface area contributed by atoms with E-state index in [-0.39, 0.29) is 105 Å². The van der Waals surface area contributed by atoms with Crippen LogP contribution in [0.5, 0.6) is 23.0 Å². The van der Waals surface area contributed by atoms with Gasteiger partial charge in [0.15, 0.2) is 0 Å². The maximum Gasteiger partial charge on any atom is 0.309 e. The fourth-order valence-corrected chi connectivity index (χ4v) is 8.55. The minimum absolute atomic E-state index is 0.0111. The van der Waals surface area contributed by atoms with E-state index in [1.54, 1.807) is 89.2 Å². The van der Waals surface area contributed by atoms with Gasteiger partial charge < -0.3 is 37.9 Å². The molecule has 0 aromatic heterocycles. The molecule has 0 radical (unpaired) electrons. The van der Waals surface area contributed by atoms with Crippen molar-refractivity contribution in [2.24, 2.45) is 20.6 Å². The highest BCUT2D eigenvalue weighted by atomic mass is 35.5. The molecule has 0 heterocycles. The highest BCUT2D eigenvalue weighted by Gasteiger charge is 2.21. The zero-order valence-corrected chi connectivity index (χ0v) is 52.4. The van der Waals surface area contributed by atoms with Crippen molar-refractivity contribution in [2.45, 2.75) is 151 Å². The van der Waals surface area contributed by atoms with Gasteiger partial charge in [0.1, 0.15) is 50.3 Å². The Balaban J connectivity index is 0.000000547. The minimum atomic E-state index is -3.97. The summed E-state index contributed by atoms with van der Waals surface area (Å²) in [5.41, 5.74) is -2.15. The van der Waals surface area contributed by atoms with Crippen molar-refractivity contribution in [3.63, 3.8) is 0 Å². The summed E-state index contributed by atoms with van der Waals surface area (Å²) in [4.78, 5) is 45.6. The summed E-state index contributed by atoms with van der Waals surface area (Å²) in [5.74, 6) is -0.0853. The first-order valence-corrected chi connectivity index (χ1v) is 31.4. The molecule has 0 bridgehead atoms. The van der Waals surface area contributed by atoms with Crippen LogP contribution in [-0.4, -0.2) is 106 Å². The van der Waals surface area contributed by atoms with Gasteiger partial charge in [0.25, 0.3) is 0 Å². The zero-order valence-electron chi connectivity index (χ0n) is 47.6. The molecule has 4 rings (SSSR count). The fraction of sp³-hybridized carbons (Fsp3) is 0.462. The van der Waals surface area contributed by atoms with Crippen molar-refractivity contribution in [1.82, 2.24) is 0 Å². The van der Waals surface area contributed by atoms with E-state index in [9.17, 15) is 52.8 Å². The Labute approximate surface area is 490 Å². The van der Waals surface area contributed by atoms with Crippen LogP contribution in [0.1, 0.15) is 109 Å². The fourth-order valence-electron chi connectivity index (χ4n) is 5.60. The summed E-state index contributed by atoms with van der Waals surface area (Å²) in [5, 5.41) is 19.9. The monoisotopic (exact) mass is 1270 g/mol. The second kappa shape index (κ2) is 31.7. The number of hydrogen-bond acceptors (Lipinski definition) is 20. The predicted molar refractivity (Wildman–Crippen MR) is 305 cm³/mol. The third-order valence-electron chi connectivity index (χ3n) is 8.70. The first-order chi connectivity index (χ1) is 37.1. The molecule has 0 spiro atoms. The van der Waals surface area contributed by atoms with E-state index >= 15 is 0 Å². The van der Waals surface area contributed by atoms with Crippen molar-refractivity contribution in [2.75, 3.05) is 26.4 Å². The third kappa shape index (κ3) is 33.9. The van der Waals surface area contributed by atoms with Crippen molar-refractivity contribution in [3.8, 4) is 23.0 Å². The largest absolute Gasteiger partial charge is 0.493 e. The lowest BCUT2D eigenvalue weighted by atomic mass is 10.2. The Bertz CT molecular complexity index is 3120. The molecule has 0 atom stereocenters. The maximum atomic E-state index is 11.5. The van der Waals surface area contributed by atoms with Gasteiger partial charge in [-0.2, -0.15) is 0 Å². The molecule has 0 saturated heterocycles. The van der Waals surface area contributed by atoms with Crippen LogP contribution in [0.3, 0.4) is 0 Å². The average Bonchev–Trinajstić information content (AvgIpc) is 3.30. The number of halogens is 2. The molecule has 0 saturated carbocycles. The van der Waals surface area contributed by atoms with Crippen molar-refractivity contribution in [3.05, 3.63) is 95.0 Å². The molecule has 0 fully saturated rings. The molecule has 30 heteroatoms. The Morgan fingerprint density at radius 2 is 0.683 bits per heavy atom. The van der Waals surface area contributed by atoms with Gasteiger partial charge in [-0.25, -0.2) is 54.2 Å². The van der Waals surface area contributed by atoms with E-state index in [1.165, 1.54) is 72.8 Å². The Morgan fingerprint density at radius 1 is 0.378 bits per heavy atom. The Kier molecular flexibility index (Phi) is 28.7. The summed E-state index contributed by atoms with van der Waals surface area (Å²) < 4.78 is 131. The summed E-state index contributed by atoms with van der Waals surface area (Å²) in [6, 6.07) is 19.4. The number of nitrogens with two attached hydrogens (primary N) is 4. The number of benzene rings is 4. The normalized spacial score (nSPS) is 12.0. The minimum Gasteiger partial charge on any atom is -0.493 e. The van der Waals surface area contributed by atoms with E-state index in [2.05, 4.69) is 0 Å². The molecule has 4 aromatic rings. The van der Waals surface area contributed by atoms with Crippen molar-refractivity contribution in [1.29, 1.82) is 0 Å².